The van der Waals surface area contributed by atoms with E-state index in [2.05, 4.69) is 9.88 Å². The van der Waals surface area contributed by atoms with Crippen LogP contribution in [-0.4, -0.2) is 70.5 Å². The Labute approximate surface area is 169 Å². The molecule has 1 amide bonds. The van der Waals surface area contributed by atoms with Crippen LogP contribution in [0.1, 0.15) is 22.3 Å². The molecule has 0 saturated carbocycles. The Morgan fingerprint density at radius 3 is 2.46 bits per heavy atom. The van der Waals surface area contributed by atoms with Gasteiger partial charge in [-0.05, 0) is 48.4 Å². The third-order valence-electron chi connectivity index (χ3n) is 4.85. The van der Waals surface area contributed by atoms with Crippen molar-refractivity contribution >= 4 is 16.7 Å². The number of carbonyl (C=O) groups excluding carboxylic acids is 1. The number of amides is 1. The third kappa shape index (κ3) is 5.95. The molecule has 0 N–H and O–H groups in total. The summed E-state index contributed by atoms with van der Waals surface area (Å²) in [5.74, 6) is -0.00720. The minimum atomic E-state index is -1.05. The first kappa shape index (κ1) is 20.6. The third-order valence-corrected chi connectivity index (χ3v) is 5.79. The van der Waals surface area contributed by atoms with Crippen molar-refractivity contribution in [3.8, 4) is 0 Å². The molecule has 150 valence electrons. The molecule has 1 aromatic heterocycles. The molecule has 0 radical (unpaired) electrons. The van der Waals surface area contributed by atoms with Crippen molar-refractivity contribution in [1.29, 1.82) is 0 Å². The number of hydrogen-bond donors (Lipinski definition) is 0. The summed E-state index contributed by atoms with van der Waals surface area (Å²) in [6.07, 6.45) is 6.04. The van der Waals surface area contributed by atoms with E-state index in [1.54, 1.807) is 42.9 Å². The van der Waals surface area contributed by atoms with Gasteiger partial charge in [0, 0.05) is 72.6 Å². The highest BCUT2D eigenvalue weighted by Crippen LogP contribution is 2.13. The largest absolute Gasteiger partial charge is 0.379 e. The van der Waals surface area contributed by atoms with E-state index in [9.17, 15) is 9.00 Å². The van der Waals surface area contributed by atoms with Gasteiger partial charge in [-0.2, -0.15) is 0 Å². The van der Waals surface area contributed by atoms with Gasteiger partial charge in [0.2, 0.25) is 0 Å². The number of aromatic nitrogens is 1. The zero-order valence-corrected chi connectivity index (χ0v) is 17.1. The van der Waals surface area contributed by atoms with Crippen molar-refractivity contribution in [3.63, 3.8) is 0 Å². The van der Waals surface area contributed by atoms with Gasteiger partial charge in [0.15, 0.2) is 0 Å². The Bertz CT molecular complexity index is 777. The first-order valence-corrected chi connectivity index (χ1v) is 11.1. The van der Waals surface area contributed by atoms with E-state index in [1.807, 2.05) is 17.0 Å². The highest BCUT2D eigenvalue weighted by Gasteiger charge is 2.17. The molecule has 1 fully saturated rings. The second kappa shape index (κ2) is 10.5. The van der Waals surface area contributed by atoms with Crippen molar-refractivity contribution in [2.75, 3.05) is 45.6 Å². The molecule has 2 heterocycles. The smallest absolute Gasteiger partial charge is 0.254 e. The molecule has 1 aliphatic heterocycles. The fraction of sp³-hybridized carbons (Fsp3) is 0.429. The van der Waals surface area contributed by atoms with Gasteiger partial charge in [-0.15, -0.1) is 0 Å². The molecule has 1 aromatic carbocycles. The number of pyridine rings is 1. The average Bonchev–Trinajstić information content (AvgIpc) is 2.74. The SMILES string of the molecule is CS(=O)c1ccc(C(=O)N(CCCN2CCOCC2)Cc2ccncc2)cc1. The van der Waals surface area contributed by atoms with Crippen molar-refractivity contribution in [1.82, 2.24) is 14.8 Å². The fourth-order valence-corrected chi connectivity index (χ4v) is 3.76. The highest BCUT2D eigenvalue weighted by atomic mass is 32.2. The van der Waals surface area contributed by atoms with Gasteiger partial charge < -0.3 is 9.64 Å². The number of rotatable bonds is 8. The van der Waals surface area contributed by atoms with Crippen LogP contribution in [0.25, 0.3) is 0 Å². The maximum absolute atomic E-state index is 13.1. The molecule has 1 aliphatic rings. The van der Waals surface area contributed by atoms with E-state index in [-0.39, 0.29) is 5.91 Å². The standard InChI is InChI=1S/C21H27N3O3S/c1-28(26)20-5-3-19(4-6-20)21(25)24(17-18-7-9-22-10-8-18)12-2-11-23-13-15-27-16-14-23/h3-10H,2,11-17H2,1H3. The topological polar surface area (TPSA) is 62.7 Å². The minimum Gasteiger partial charge on any atom is -0.379 e. The lowest BCUT2D eigenvalue weighted by Crippen LogP contribution is -2.39. The van der Waals surface area contributed by atoms with E-state index in [0.717, 1.165) is 49.7 Å². The summed E-state index contributed by atoms with van der Waals surface area (Å²) in [4.78, 5) is 22.2. The van der Waals surface area contributed by atoms with Gasteiger partial charge in [0.05, 0.1) is 13.2 Å². The lowest BCUT2D eigenvalue weighted by atomic mass is 10.1. The molecule has 1 unspecified atom stereocenters. The molecule has 0 aliphatic carbocycles. The molecule has 1 saturated heterocycles. The molecule has 0 bridgehead atoms. The summed E-state index contributed by atoms with van der Waals surface area (Å²) in [5.41, 5.74) is 1.68. The highest BCUT2D eigenvalue weighted by molar-refractivity contribution is 7.84. The number of nitrogens with zero attached hydrogens (tertiary/aromatic N) is 3. The van der Waals surface area contributed by atoms with Crippen molar-refractivity contribution in [3.05, 3.63) is 59.9 Å². The van der Waals surface area contributed by atoms with E-state index in [4.69, 9.17) is 4.74 Å². The zero-order chi connectivity index (χ0) is 19.8. The Kier molecular flexibility index (Phi) is 7.71. The molecule has 2 aromatic rings. The van der Waals surface area contributed by atoms with Crippen LogP contribution < -0.4 is 0 Å². The Morgan fingerprint density at radius 2 is 1.82 bits per heavy atom. The predicted octanol–water partition coefficient (Wildman–Crippen LogP) is 2.18. The molecule has 3 rings (SSSR count). The maximum atomic E-state index is 13.1. The van der Waals surface area contributed by atoms with E-state index in [1.165, 1.54) is 0 Å². The molecule has 0 spiro atoms. The maximum Gasteiger partial charge on any atom is 0.254 e. The first-order chi connectivity index (χ1) is 13.6. The van der Waals surface area contributed by atoms with Crippen LogP contribution in [0.3, 0.4) is 0 Å². The van der Waals surface area contributed by atoms with Gasteiger partial charge in [-0.1, -0.05) is 0 Å². The number of morpholine rings is 1. The summed E-state index contributed by atoms with van der Waals surface area (Å²) in [5, 5.41) is 0. The molecular formula is C21H27N3O3S. The fourth-order valence-electron chi connectivity index (χ4n) is 3.24. The number of hydrogen-bond acceptors (Lipinski definition) is 5. The van der Waals surface area contributed by atoms with Crippen LogP contribution in [0.5, 0.6) is 0 Å². The minimum absolute atomic E-state index is 0.00720. The van der Waals surface area contributed by atoms with Gasteiger partial charge in [0.1, 0.15) is 0 Å². The molecule has 7 heteroatoms. The lowest BCUT2D eigenvalue weighted by Gasteiger charge is -2.28. The summed E-state index contributed by atoms with van der Waals surface area (Å²) in [6, 6.07) is 10.9. The Balaban J connectivity index is 1.67. The van der Waals surface area contributed by atoms with E-state index >= 15 is 0 Å². The van der Waals surface area contributed by atoms with Gasteiger partial charge in [-0.25, -0.2) is 0 Å². The number of carbonyl (C=O) groups is 1. The van der Waals surface area contributed by atoms with Crippen LogP contribution in [-0.2, 0) is 22.1 Å². The van der Waals surface area contributed by atoms with Crippen LogP contribution in [0.4, 0.5) is 0 Å². The van der Waals surface area contributed by atoms with E-state index < -0.39 is 10.8 Å². The van der Waals surface area contributed by atoms with Crippen LogP contribution in [0.15, 0.2) is 53.7 Å². The van der Waals surface area contributed by atoms with Gasteiger partial charge in [-0.3, -0.25) is 18.9 Å². The molecular weight excluding hydrogens is 374 g/mol. The summed E-state index contributed by atoms with van der Waals surface area (Å²) in [6.45, 7) is 5.65. The van der Waals surface area contributed by atoms with Gasteiger partial charge in [0.25, 0.3) is 5.91 Å². The lowest BCUT2D eigenvalue weighted by molar-refractivity contribution is 0.0355. The Hall–Kier alpha value is -2.09. The monoisotopic (exact) mass is 401 g/mol. The molecule has 28 heavy (non-hydrogen) atoms. The van der Waals surface area contributed by atoms with Crippen LogP contribution in [0.2, 0.25) is 0 Å². The normalized spacial score (nSPS) is 15.9. The summed E-state index contributed by atoms with van der Waals surface area (Å²) < 4.78 is 17.0. The summed E-state index contributed by atoms with van der Waals surface area (Å²) >= 11 is 0. The average molecular weight is 402 g/mol. The second-order valence-electron chi connectivity index (χ2n) is 6.87. The van der Waals surface area contributed by atoms with Crippen LogP contribution in [0, 0.1) is 0 Å². The number of ether oxygens (including phenoxy) is 1. The quantitative estimate of drug-likeness (QED) is 0.679. The van der Waals surface area contributed by atoms with E-state index in [0.29, 0.717) is 18.7 Å². The zero-order valence-electron chi connectivity index (χ0n) is 16.3. The summed E-state index contributed by atoms with van der Waals surface area (Å²) in [7, 11) is -1.05. The van der Waals surface area contributed by atoms with Crippen LogP contribution >= 0.6 is 0 Å². The molecule has 6 nitrogen and oxygen atoms in total. The number of benzene rings is 1. The van der Waals surface area contributed by atoms with Crippen molar-refractivity contribution in [2.45, 2.75) is 17.9 Å². The Morgan fingerprint density at radius 1 is 1.14 bits per heavy atom. The predicted molar refractivity (Wildman–Crippen MR) is 110 cm³/mol. The van der Waals surface area contributed by atoms with Gasteiger partial charge >= 0.3 is 0 Å². The second-order valence-corrected chi connectivity index (χ2v) is 8.25. The first-order valence-electron chi connectivity index (χ1n) is 9.55. The van der Waals surface area contributed by atoms with Crippen molar-refractivity contribution in [2.24, 2.45) is 0 Å². The molecule has 1 atom stereocenters. The van der Waals surface area contributed by atoms with Crippen molar-refractivity contribution < 1.29 is 13.7 Å².